The van der Waals surface area contributed by atoms with Crippen LogP contribution in [0.15, 0.2) is 29.2 Å². The first-order valence-electron chi connectivity index (χ1n) is 5.12. The summed E-state index contributed by atoms with van der Waals surface area (Å²) in [5.41, 5.74) is 5.99. The average Bonchev–Trinajstić information content (AvgIpc) is 2.30. The zero-order valence-electron chi connectivity index (χ0n) is 8.80. The summed E-state index contributed by atoms with van der Waals surface area (Å²) in [5, 5.41) is 0. The maximum absolute atomic E-state index is 12.1. The van der Waals surface area contributed by atoms with Crippen molar-refractivity contribution in [2.75, 3.05) is 18.9 Å². The Morgan fingerprint density at radius 1 is 1.31 bits per heavy atom. The first-order chi connectivity index (χ1) is 7.60. The smallest absolute Gasteiger partial charge is 0.265 e. The summed E-state index contributed by atoms with van der Waals surface area (Å²) in [4.78, 5) is 5.32. The molecular formula is C10H14N2O3S. The van der Waals surface area contributed by atoms with E-state index in [0.29, 0.717) is 18.8 Å². The second-order valence-corrected chi connectivity index (χ2v) is 5.47. The van der Waals surface area contributed by atoms with Gasteiger partial charge in [-0.25, -0.2) is 8.42 Å². The Morgan fingerprint density at radius 2 is 2.12 bits per heavy atom. The van der Waals surface area contributed by atoms with Gasteiger partial charge in [0.25, 0.3) is 10.0 Å². The van der Waals surface area contributed by atoms with Crippen LogP contribution in [0, 0.1) is 0 Å². The molecule has 1 heterocycles. The number of benzene rings is 1. The minimum Gasteiger partial charge on any atom is -0.399 e. The molecule has 1 aromatic carbocycles. The Kier molecular flexibility index (Phi) is 3.13. The summed E-state index contributed by atoms with van der Waals surface area (Å²) in [6.45, 7) is 0.846. The molecule has 0 spiro atoms. The quantitative estimate of drug-likeness (QED) is 0.785. The molecule has 1 aliphatic rings. The largest absolute Gasteiger partial charge is 0.399 e. The van der Waals surface area contributed by atoms with E-state index in [1.807, 2.05) is 0 Å². The molecular weight excluding hydrogens is 228 g/mol. The van der Waals surface area contributed by atoms with Gasteiger partial charge in [0.1, 0.15) is 0 Å². The molecule has 0 atom stereocenters. The topological polar surface area (TPSA) is 72.6 Å². The zero-order valence-corrected chi connectivity index (χ0v) is 9.61. The maximum Gasteiger partial charge on any atom is 0.265 e. The zero-order chi connectivity index (χ0) is 11.6. The molecule has 1 fully saturated rings. The minimum atomic E-state index is -3.55. The van der Waals surface area contributed by atoms with Crippen LogP contribution < -0.4 is 5.73 Å². The first-order valence-corrected chi connectivity index (χ1v) is 6.56. The van der Waals surface area contributed by atoms with Gasteiger partial charge in [0, 0.05) is 12.2 Å². The first kappa shape index (κ1) is 11.4. The van der Waals surface area contributed by atoms with Crippen molar-refractivity contribution in [3.63, 3.8) is 0 Å². The van der Waals surface area contributed by atoms with Crippen LogP contribution in [0.4, 0.5) is 5.69 Å². The van der Waals surface area contributed by atoms with E-state index in [9.17, 15) is 8.42 Å². The van der Waals surface area contributed by atoms with E-state index in [0.717, 1.165) is 17.3 Å². The Bertz CT molecular complexity index is 467. The maximum atomic E-state index is 12.1. The van der Waals surface area contributed by atoms with Gasteiger partial charge in [-0.2, -0.15) is 0 Å². The van der Waals surface area contributed by atoms with Crippen LogP contribution in [-0.4, -0.2) is 26.0 Å². The van der Waals surface area contributed by atoms with Crippen molar-refractivity contribution in [3.8, 4) is 0 Å². The Balaban J connectivity index is 2.30. The van der Waals surface area contributed by atoms with Gasteiger partial charge in [-0.05, 0) is 31.0 Å². The van der Waals surface area contributed by atoms with Gasteiger partial charge in [0.15, 0.2) is 0 Å². The Morgan fingerprint density at radius 3 is 2.75 bits per heavy atom. The van der Waals surface area contributed by atoms with E-state index in [1.54, 1.807) is 12.1 Å². The molecule has 88 valence electrons. The fourth-order valence-corrected chi connectivity index (χ4v) is 2.91. The number of anilines is 1. The van der Waals surface area contributed by atoms with Gasteiger partial charge >= 0.3 is 0 Å². The van der Waals surface area contributed by atoms with Crippen molar-refractivity contribution in [1.29, 1.82) is 0 Å². The summed E-state index contributed by atoms with van der Waals surface area (Å²) in [6, 6.07) is 6.22. The summed E-state index contributed by atoms with van der Waals surface area (Å²) in [7, 11) is -3.55. The van der Waals surface area contributed by atoms with E-state index in [-0.39, 0.29) is 4.90 Å². The van der Waals surface area contributed by atoms with Crippen molar-refractivity contribution in [3.05, 3.63) is 24.3 Å². The summed E-state index contributed by atoms with van der Waals surface area (Å²) in [5.74, 6) is 0. The monoisotopic (exact) mass is 242 g/mol. The molecule has 0 aromatic heterocycles. The second-order valence-electron chi connectivity index (χ2n) is 3.64. The van der Waals surface area contributed by atoms with E-state index >= 15 is 0 Å². The molecule has 1 aromatic rings. The fraction of sp³-hybridized carbons (Fsp3) is 0.400. The van der Waals surface area contributed by atoms with Gasteiger partial charge in [-0.3, -0.25) is 4.84 Å². The number of rotatable bonds is 2. The van der Waals surface area contributed by atoms with Gasteiger partial charge in [-0.1, -0.05) is 10.5 Å². The number of hydroxylamine groups is 1. The minimum absolute atomic E-state index is 0.175. The molecule has 2 rings (SSSR count). The lowest BCUT2D eigenvalue weighted by atomic mass is 10.3. The van der Waals surface area contributed by atoms with Gasteiger partial charge in [-0.15, -0.1) is 0 Å². The normalized spacial score (nSPS) is 18.5. The molecule has 5 nitrogen and oxygen atoms in total. The molecule has 6 heteroatoms. The van der Waals surface area contributed by atoms with Gasteiger partial charge in [0.2, 0.25) is 0 Å². The highest BCUT2D eigenvalue weighted by Gasteiger charge is 2.27. The summed E-state index contributed by atoms with van der Waals surface area (Å²) < 4.78 is 25.2. The second kappa shape index (κ2) is 4.40. The Labute approximate surface area is 94.8 Å². The van der Waals surface area contributed by atoms with E-state index in [2.05, 4.69) is 0 Å². The number of hydrogen-bond donors (Lipinski definition) is 1. The molecule has 0 bridgehead atoms. The van der Waals surface area contributed by atoms with Gasteiger partial charge in [0.05, 0.1) is 11.5 Å². The molecule has 0 radical (unpaired) electrons. The van der Waals surface area contributed by atoms with Crippen molar-refractivity contribution in [2.45, 2.75) is 17.7 Å². The summed E-state index contributed by atoms with van der Waals surface area (Å²) in [6.07, 6.45) is 1.71. The van der Waals surface area contributed by atoms with E-state index in [4.69, 9.17) is 10.6 Å². The lowest BCUT2D eigenvalue weighted by Crippen LogP contribution is -2.35. The van der Waals surface area contributed by atoms with Crippen molar-refractivity contribution < 1.29 is 13.3 Å². The Hall–Kier alpha value is -1.11. The highest BCUT2D eigenvalue weighted by atomic mass is 32.2. The van der Waals surface area contributed by atoms with Crippen LogP contribution in [0.2, 0.25) is 0 Å². The van der Waals surface area contributed by atoms with Crippen LogP contribution in [-0.2, 0) is 14.9 Å². The molecule has 0 aliphatic carbocycles. The lowest BCUT2D eigenvalue weighted by Gasteiger charge is -2.25. The predicted molar refractivity (Wildman–Crippen MR) is 59.9 cm³/mol. The SMILES string of the molecule is Nc1cccc(S(=O)(=O)N2CCCCO2)c1. The number of nitrogens with zero attached hydrogens (tertiary/aromatic N) is 1. The summed E-state index contributed by atoms with van der Waals surface area (Å²) >= 11 is 0. The number of nitrogen functional groups attached to an aromatic ring is 1. The van der Waals surface area contributed by atoms with Gasteiger partial charge < -0.3 is 5.73 Å². The number of hydrogen-bond acceptors (Lipinski definition) is 4. The highest BCUT2D eigenvalue weighted by Crippen LogP contribution is 2.20. The van der Waals surface area contributed by atoms with Crippen molar-refractivity contribution in [2.24, 2.45) is 0 Å². The van der Waals surface area contributed by atoms with E-state index in [1.165, 1.54) is 12.1 Å². The highest BCUT2D eigenvalue weighted by molar-refractivity contribution is 7.89. The van der Waals surface area contributed by atoms with Crippen molar-refractivity contribution >= 4 is 15.7 Å². The molecule has 1 aliphatic heterocycles. The molecule has 0 unspecified atom stereocenters. The molecule has 0 amide bonds. The third kappa shape index (κ3) is 2.18. The molecule has 1 saturated heterocycles. The predicted octanol–water partition coefficient (Wildman–Crippen LogP) is 0.985. The fourth-order valence-electron chi connectivity index (χ4n) is 1.56. The van der Waals surface area contributed by atoms with Crippen LogP contribution >= 0.6 is 0 Å². The van der Waals surface area contributed by atoms with E-state index < -0.39 is 10.0 Å². The third-order valence-electron chi connectivity index (χ3n) is 2.39. The number of nitrogens with two attached hydrogens (primary N) is 1. The third-order valence-corrected chi connectivity index (χ3v) is 4.07. The van der Waals surface area contributed by atoms with Crippen LogP contribution in [0.3, 0.4) is 0 Å². The molecule has 16 heavy (non-hydrogen) atoms. The van der Waals surface area contributed by atoms with Crippen LogP contribution in [0.25, 0.3) is 0 Å². The standard InChI is InChI=1S/C10H14N2O3S/c11-9-4-3-5-10(8-9)16(13,14)12-6-1-2-7-15-12/h3-5,8H,1-2,6-7,11H2. The number of sulfonamides is 1. The molecule has 2 N–H and O–H groups in total. The lowest BCUT2D eigenvalue weighted by molar-refractivity contribution is -0.108. The van der Waals surface area contributed by atoms with Crippen molar-refractivity contribution in [1.82, 2.24) is 4.47 Å². The van der Waals surface area contributed by atoms with Crippen LogP contribution in [0.1, 0.15) is 12.8 Å². The van der Waals surface area contributed by atoms with Crippen LogP contribution in [0.5, 0.6) is 0 Å². The molecule has 0 saturated carbocycles. The average molecular weight is 242 g/mol.